The highest BCUT2D eigenvalue weighted by molar-refractivity contribution is 7.80. The van der Waals surface area contributed by atoms with Gasteiger partial charge in [0.1, 0.15) is 23.7 Å². The van der Waals surface area contributed by atoms with Crippen molar-refractivity contribution < 1.29 is 18.7 Å². The van der Waals surface area contributed by atoms with Gasteiger partial charge in [-0.25, -0.2) is 4.39 Å². The van der Waals surface area contributed by atoms with Gasteiger partial charge in [0.25, 0.3) is 11.8 Å². The first-order chi connectivity index (χ1) is 13.5. The van der Waals surface area contributed by atoms with E-state index in [1.165, 1.54) is 29.2 Å². The van der Waals surface area contributed by atoms with Crippen molar-refractivity contribution in [1.82, 2.24) is 10.2 Å². The monoisotopic (exact) mass is 396 g/mol. The van der Waals surface area contributed by atoms with Crippen LogP contribution in [0.5, 0.6) is 5.75 Å². The molecule has 1 heterocycles. The molecule has 2 aromatic rings. The molecule has 7 heteroatoms. The van der Waals surface area contributed by atoms with Crippen LogP contribution in [0.15, 0.2) is 66.8 Å². The molecule has 142 valence electrons. The SMILES string of the molecule is C=CCN1C(=O)/C(=C/c2cccc(OCc3ccc(F)cc3)c2)C(=O)NC1=S. The molecule has 0 radical (unpaired) electrons. The molecule has 0 aromatic heterocycles. The van der Waals surface area contributed by atoms with Crippen molar-refractivity contribution in [1.29, 1.82) is 0 Å². The predicted octanol–water partition coefficient (Wildman–Crippen LogP) is 3.22. The highest BCUT2D eigenvalue weighted by atomic mass is 32.1. The lowest BCUT2D eigenvalue weighted by atomic mass is 10.1. The molecule has 1 N–H and O–H groups in total. The minimum absolute atomic E-state index is 0.0221. The number of nitrogens with zero attached hydrogens (tertiary/aromatic N) is 1. The number of carbonyl (C=O) groups excluding carboxylic acids is 2. The van der Waals surface area contributed by atoms with Crippen LogP contribution in [0.4, 0.5) is 4.39 Å². The normalized spacial score (nSPS) is 15.5. The Morgan fingerprint density at radius 3 is 2.64 bits per heavy atom. The minimum Gasteiger partial charge on any atom is -0.489 e. The van der Waals surface area contributed by atoms with E-state index in [1.807, 2.05) is 0 Å². The summed E-state index contributed by atoms with van der Waals surface area (Å²) in [7, 11) is 0. The number of halogens is 1. The molecule has 0 aliphatic carbocycles. The summed E-state index contributed by atoms with van der Waals surface area (Å²) in [5.41, 5.74) is 1.42. The Labute approximate surface area is 167 Å². The lowest BCUT2D eigenvalue weighted by Gasteiger charge is -2.27. The van der Waals surface area contributed by atoms with Gasteiger partial charge in [-0.2, -0.15) is 0 Å². The van der Waals surface area contributed by atoms with Crippen LogP contribution in [-0.4, -0.2) is 28.4 Å². The van der Waals surface area contributed by atoms with Gasteiger partial charge in [0, 0.05) is 6.54 Å². The van der Waals surface area contributed by atoms with E-state index in [9.17, 15) is 14.0 Å². The molecule has 0 bridgehead atoms. The molecule has 1 saturated heterocycles. The Bertz CT molecular complexity index is 970. The van der Waals surface area contributed by atoms with Crippen LogP contribution in [0.2, 0.25) is 0 Å². The number of hydrogen-bond donors (Lipinski definition) is 1. The van der Waals surface area contributed by atoms with Gasteiger partial charge in [-0.05, 0) is 53.7 Å². The van der Waals surface area contributed by atoms with E-state index in [0.717, 1.165) is 5.56 Å². The Morgan fingerprint density at radius 1 is 1.18 bits per heavy atom. The van der Waals surface area contributed by atoms with Crippen LogP contribution in [0.3, 0.4) is 0 Å². The maximum absolute atomic E-state index is 13.0. The highest BCUT2D eigenvalue weighted by Crippen LogP contribution is 2.20. The second-order valence-electron chi connectivity index (χ2n) is 6.01. The zero-order valence-electron chi connectivity index (χ0n) is 14.9. The Morgan fingerprint density at radius 2 is 1.93 bits per heavy atom. The maximum Gasteiger partial charge on any atom is 0.265 e. The van der Waals surface area contributed by atoms with E-state index >= 15 is 0 Å². The smallest absolute Gasteiger partial charge is 0.265 e. The summed E-state index contributed by atoms with van der Waals surface area (Å²) in [5, 5.41) is 2.56. The molecule has 5 nitrogen and oxygen atoms in total. The Kier molecular flexibility index (Phi) is 5.96. The standard InChI is InChI=1S/C21H17FN2O3S/c1-2-10-24-20(26)18(19(25)23-21(24)28)12-15-4-3-5-17(11-15)27-13-14-6-8-16(22)9-7-14/h2-9,11-12H,1,10,13H2,(H,23,25,28)/b18-12+. The number of benzene rings is 2. The van der Waals surface area contributed by atoms with Crippen LogP contribution < -0.4 is 10.1 Å². The summed E-state index contributed by atoms with van der Waals surface area (Å²) >= 11 is 5.03. The molecule has 2 aromatic carbocycles. The van der Waals surface area contributed by atoms with Crippen LogP contribution in [0.1, 0.15) is 11.1 Å². The van der Waals surface area contributed by atoms with Crippen LogP contribution >= 0.6 is 12.2 Å². The van der Waals surface area contributed by atoms with Gasteiger partial charge in [0.15, 0.2) is 5.11 Å². The number of thiocarbonyl (C=S) groups is 1. The topological polar surface area (TPSA) is 58.6 Å². The van der Waals surface area contributed by atoms with Crippen LogP contribution in [0.25, 0.3) is 6.08 Å². The van der Waals surface area contributed by atoms with E-state index in [1.54, 1.807) is 36.4 Å². The first-order valence-electron chi connectivity index (χ1n) is 8.45. The molecule has 0 spiro atoms. The molecule has 1 aliphatic heterocycles. The average Bonchev–Trinajstić information content (AvgIpc) is 2.68. The third-order valence-electron chi connectivity index (χ3n) is 3.99. The highest BCUT2D eigenvalue weighted by Gasteiger charge is 2.32. The zero-order chi connectivity index (χ0) is 20.1. The van der Waals surface area contributed by atoms with E-state index in [-0.39, 0.29) is 29.7 Å². The minimum atomic E-state index is -0.548. The van der Waals surface area contributed by atoms with Gasteiger partial charge in [-0.3, -0.25) is 19.8 Å². The van der Waals surface area contributed by atoms with Crippen molar-refractivity contribution in [2.24, 2.45) is 0 Å². The van der Waals surface area contributed by atoms with E-state index < -0.39 is 11.8 Å². The van der Waals surface area contributed by atoms with Crippen LogP contribution in [0, 0.1) is 5.82 Å². The van der Waals surface area contributed by atoms with Gasteiger partial charge < -0.3 is 4.74 Å². The van der Waals surface area contributed by atoms with Crippen molar-refractivity contribution in [2.75, 3.05) is 6.54 Å². The predicted molar refractivity (Wildman–Crippen MR) is 108 cm³/mol. The quantitative estimate of drug-likeness (QED) is 0.353. The molecule has 0 atom stereocenters. The summed E-state index contributed by atoms with van der Waals surface area (Å²) in [6, 6.07) is 13.0. The van der Waals surface area contributed by atoms with Crippen molar-refractivity contribution in [3.63, 3.8) is 0 Å². The number of amides is 2. The fraction of sp³-hybridized carbons (Fsp3) is 0.0952. The van der Waals surface area contributed by atoms with Crippen molar-refractivity contribution in [3.05, 3.63) is 83.7 Å². The second kappa shape index (κ2) is 8.58. The lowest BCUT2D eigenvalue weighted by molar-refractivity contribution is -0.128. The van der Waals surface area contributed by atoms with Crippen molar-refractivity contribution in [3.8, 4) is 5.75 Å². The number of hydrogen-bond acceptors (Lipinski definition) is 4. The fourth-order valence-electron chi connectivity index (χ4n) is 2.60. The maximum atomic E-state index is 13.0. The summed E-state index contributed by atoms with van der Waals surface area (Å²) in [6.45, 7) is 4.06. The largest absolute Gasteiger partial charge is 0.489 e. The second-order valence-corrected chi connectivity index (χ2v) is 6.40. The Balaban J connectivity index is 1.78. The summed E-state index contributed by atoms with van der Waals surface area (Å²) in [4.78, 5) is 26.0. The molecule has 1 aliphatic rings. The number of ether oxygens (including phenoxy) is 1. The van der Waals surface area contributed by atoms with E-state index in [0.29, 0.717) is 11.3 Å². The van der Waals surface area contributed by atoms with Crippen LogP contribution in [-0.2, 0) is 16.2 Å². The first kappa shape index (κ1) is 19.4. The zero-order valence-corrected chi connectivity index (χ0v) is 15.7. The average molecular weight is 396 g/mol. The molecule has 0 unspecified atom stereocenters. The number of nitrogens with one attached hydrogen (secondary N) is 1. The van der Waals surface area contributed by atoms with Gasteiger partial charge >= 0.3 is 0 Å². The third kappa shape index (κ3) is 4.50. The van der Waals surface area contributed by atoms with Crippen molar-refractivity contribution in [2.45, 2.75) is 6.61 Å². The van der Waals surface area contributed by atoms with Gasteiger partial charge in [-0.15, -0.1) is 6.58 Å². The van der Waals surface area contributed by atoms with Crippen molar-refractivity contribution >= 4 is 35.2 Å². The molecule has 0 saturated carbocycles. The molecule has 3 rings (SSSR count). The first-order valence-corrected chi connectivity index (χ1v) is 8.86. The molecular formula is C21H17FN2O3S. The third-order valence-corrected chi connectivity index (χ3v) is 4.31. The molecule has 2 amide bonds. The number of rotatable bonds is 6. The van der Waals surface area contributed by atoms with E-state index in [2.05, 4.69) is 11.9 Å². The molecular weight excluding hydrogens is 379 g/mol. The summed E-state index contributed by atoms with van der Waals surface area (Å²) in [6.07, 6.45) is 3.02. The van der Waals surface area contributed by atoms with Gasteiger partial charge in [0.2, 0.25) is 0 Å². The molecule has 1 fully saturated rings. The lowest BCUT2D eigenvalue weighted by Crippen LogP contribution is -2.53. The summed E-state index contributed by atoms with van der Waals surface area (Å²) < 4.78 is 18.7. The van der Waals surface area contributed by atoms with Gasteiger partial charge in [0.05, 0.1) is 0 Å². The van der Waals surface area contributed by atoms with Gasteiger partial charge in [-0.1, -0.05) is 30.3 Å². The number of carbonyl (C=O) groups is 2. The fourth-order valence-corrected chi connectivity index (χ4v) is 2.85. The molecule has 28 heavy (non-hydrogen) atoms. The summed E-state index contributed by atoms with van der Waals surface area (Å²) in [5.74, 6) is -0.780. The van der Waals surface area contributed by atoms with E-state index in [4.69, 9.17) is 17.0 Å². The Hall–Kier alpha value is -3.32.